The molecule has 0 radical (unpaired) electrons. The number of hydrogen-bond acceptors (Lipinski definition) is 6. The van der Waals surface area contributed by atoms with E-state index in [-0.39, 0.29) is 17.6 Å². The molecule has 13 heteroatoms. The zero-order valence-corrected chi connectivity index (χ0v) is 20.0. The number of benzene rings is 2. The van der Waals surface area contributed by atoms with Crippen LogP contribution >= 0.6 is 11.8 Å². The number of nitrogens with zero attached hydrogens (tertiary/aromatic N) is 2. The van der Waals surface area contributed by atoms with Crippen molar-refractivity contribution in [1.82, 2.24) is 4.90 Å². The maximum absolute atomic E-state index is 13.5. The maximum atomic E-state index is 13.5. The molecule has 0 saturated carbocycles. The molecule has 6 nitrogen and oxygen atoms in total. The number of carbonyl (C=O) groups excluding carboxylic acids is 1. The fourth-order valence-corrected chi connectivity index (χ4v) is 4.75. The molecular weight excluding hydrogens is 526 g/mol. The van der Waals surface area contributed by atoms with Crippen LogP contribution < -0.4 is 9.47 Å². The molecule has 37 heavy (non-hydrogen) atoms. The van der Waals surface area contributed by atoms with Crippen LogP contribution in [0.4, 0.5) is 26.3 Å². The van der Waals surface area contributed by atoms with E-state index in [9.17, 15) is 36.2 Å². The molecule has 0 aliphatic carbocycles. The molecule has 1 fully saturated rings. The second kappa shape index (κ2) is 10.3. The van der Waals surface area contributed by atoms with Crippen molar-refractivity contribution >= 4 is 28.9 Å². The first kappa shape index (κ1) is 26.9. The number of amides is 1. The highest BCUT2D eigenvalue weighted by Crippen LogP contribution is 2.43. The van der Waals surface area contributed by atoms with Crippen LogP contribution in [0.1, 0.15) is 29.5 Å². The minimum absolute atomic E-state index is 0.00175. The minimum atomic E-state index is -5.10. The zero-order chi connectivity index (χ0) is 27.0. The van der Waals surface area contributed by atoms with E-state index in [1.165, 1.54) is 31.4 Å². The number of thioether (sulfide) groups is 1. The van der Waals surface area contributed by atoms with Crippen LogP contribution in [0, 0.1) is 0 Å². The van der Waals surface area contributed by atoms with E-state index in [0.717, 1.165) is 18.2 Å². The van der Waals surface area contributed by atoms with Crippen LogP contribution in [0.3, 0.4) is 0 Å². The highest BCUT2D eigenvalue weighted by Gasteiger charge is 2.39. The molecule has 198 valence electrons. The van der Waals surface area contributed by atoms with E-state index < -0.39 is 41.2 Å². The average Bonchev–Trinajstić information content (AvgIpc) is 3.19. The van der Waals surface area contributed by atoms with Crippen LogP contribution in [-0.4, -0.2) is 47.4 Å². The van der Waals surface area contributed by atoms with E-state index in [2.05, 4.69) is 4.99 Å². The van der Waals surface area contributed by atoms with Crippen molar-refractivity contribution in [3.8, 4) is 17.2 Å². The highest BCUT2D eigenvalue weighted by atomic mass is 32.2. The summed E-state index contributed by atoms with van der Waals surface area (Å²) in [7, 11) is 1.24. The second-order valence-electron chi connectivity index (χ2n) is 8.27. The first-order valence-corrected chi connectivity index (χ1v) is 11.8. The summed E-state index contributed by atoms with van der Waals surface area (Å²) in [5.74, 6) is -1.47. The van der Waals surface area contributed by atoms with Crippen molar-refractivity contribution in [3.05, 3.63) is 58.0 Å². The predicted octanol–water partition coefficient (Wildman–Crippen LogP) is 5.95. The van der Waals surface area contributed by atoms with Crippen LogP contribution in [0.5, 0.6) is 17.2 Å². The predicted molar refractivity (Wildman–Crippen MR) is 124 cm³/mol. The van der Waals surface area contributed by atoms with Crippen LogP contribution in [0.2, 0.25) is 0 Å². The molecule has 2 aromatic carbocycles. The van der Waals surface area contributed by atoms with Crippen molar-refractivity contribution in [2.75, 3.05) is 20.2 Å². The molecule has 1 unspecified atom stereocenters. The van der Waals surface area contributed by atoms with Gasteiger partial charge in [-0.3, -0.25) is 4.79 Å². The number of aliphatic hydroxyl groups excluding tert-OH is 1. The Hall–Kier alpha value is -3.19. The monoisotopic (exact) mass is 546 g/mol. The lowest BCUT2D eigenvalue weighted by molar-refractivity contribution is -0.143. The number of hydrogen-bond donors (Lipinski definition) is 1. The van der Waals surface area contributed by atoms with Crippen LogP contribution in [0.15, 0.2) is 46.3 Å². The van der Waals surface area contributed by atoms with Gasteiger partial charge in [-0.15, -0.1) is 0 Å². The molecule has 0 aromatic heterocycles. The normalized spacial score (nSPS) is 19.8. The quantitative estimate of drug-likeness (QED) is 0.378. The summed E-state index contributed by atoms with van der Waals surface area (Å²) in [5.41, 5.74) is -2.59. The van der Waals surface area contributed by atoms with Gasteiger partial charge >= 0.3 is 12.4 Å². The molecule has 1 amide bonds. The van der Waals surface area contributed by atoms with E-state index in [1.807, 2.05) is 4.90 Å². The lowest BCUT2D eigenvalue weighted by Crippen LogP contribution is -2.40. The summed E-state index contributed by atoms with van der Waals surface area (Å²) in [6, 6.07) is 5.25. The number of piperidine rings is 1. The summed E-state index contributed by atoms with van der Waals surface area (Å²) in [5, 5.41) is 10.3. The number of carbonyl (C=O) groups is 1. The number of halogens is 6. The molecular formula is C24H20F6N2O4S. The maximum Gasteiger partial charge on any atom is 0.420 e. The molecule has 2 heterocycles. The van der Waals surface area contributed by atoms with Crippen molar-refractivity contribution in [2.45, 2.75) is 31.3 Å². The summed E-state index contributed by atoms with van der Waals surface area (Å²) in [6.45, 7) is 1.03. The van der Waals surface area contributed by atoms with Gasteiger partial charge in [-0.2, -0.15) is 31.3 Å². The Morgan fingerprint density at radius 2 is 1.78 bits per heavy atom. The number of methoxy groups -OCH3 is 1. The number of ether oxygens (including phenoxy) is 2. The third-order valence-corrected chi connectivity index (χ3v) is 6.64. The van der Waals surface area contributed by atoms with E-state index in [0.29, 0.717) is 47.3 Å². The Morgan fingerprint density at radius 1 is 1.05 bits per heavy atom. The minimum Gasteiger partial charge on any atom is -0.493 e. The first-order chi connectivity index (χ1) is 17.3. The number of likely N-dealkylation sites (tertiary alicyclic amines) is 1. The molecule has 0 bridgehead atoms. The van der Waals surface area contributed by atoms with Crippen molar-refractivity contribution in [3.63, 3.8) is 0 Å². The molecule has 1 atom stereocenters. The lowest BCUT2D eigenvalue weighted by Gasteiger charge is -2.30. The summed E-state index contributed by atoms with van der Waals surface area (Å²) < 4.78 is 89.7. The molecule has 2 aliphatic rings. The molecule has 1 N–H and O–H groups in total. The topological polar surface area (TPSA) is 71.4 Å². The largest absolute Gasteiger partial charge is 0.493 e. The van der Waals surface area contributed by atoms with Gasteiger partial charge in [0.2, 0.25) is 0 Å². The van der Waals surface area contributed by atoms with Gasteiger partial charge in [-0.05, 0) is 66.6 Å². The van der Waals surface area contributed by atoms with Gasteiger partial charge in [-0.1, -0.05) is 6.07 Å². The van der Waals surface area contributed by atoms with Gasteiger partial charge in [0.15, 0.2) is 16.7 Å². The highest BCUT2D eigenvalue weighted by molar-refractivity contribution is 8.18. The molecule has 1 saturated heterocycles. The Labute approximate surface area is 211 Å². The van der Waals surface area contributed by atoms with E-state index >= 15 is 0 Å². The number of aliphatic hydroxyl groups is 1. The second-order valence-corrected chi connectivity index (χ2v) is 9.28. The summed E-state index contributed by atoms with van der Waals surface area (Å²) in [6.07, 6.45) is -7.60. The lowest BCUT2D eigenvalue weighted by atomic mass is 10.1. The van der Waals surface area contributed by atoms with Gasteiger partial charge in [0.25, 0.3) is 5.91 Å². The number of rotatable bonds is 4. The Bertz CT molecular complexity index is 1260. The summed E-state index contributed by atoms with van der Waals surface area (Å²) >= 11 is 1.14. The fraction of sp³-hybridized carbons (Fsp3) is 0.333. The SMILES string of the molecule is COc1cc(C=C2SC(N3CCCC(O)C3)=NC2=O)ccc1Oc1ccc(C(F)(F)F)cc1C(F)(F)F. The first-order valence-electron chi connectivity index (χ1n) is 10.9. The summed E-state index contributed by atoms with van der Waals surface area (Å²) in [4.78, 5) is 18.6. The number of amidine groups is 1. The van der Waals surface area contributed by atoms with Gasteiger partial charge in [-0.25, -0.2) is 0 Å². The molecule has 4 rings (SSSR count). The van der Waals surface area contributed by atoms with Crippen molar-refractivity contribution in [2.24, 2.45) is 4.99 Å². The van der Waals surface area contributed by atoms with Crippen LogP contribution in [-0.2, 0) is 17.1 Å². The van der Waals surface area contributed by atoms with Gasteiger partial charge < -0.3 is 19.5 Å². The van der Waals surface area contributed by atoms with Crippen LogP contribution in [0.25, 0.3) is 6.08 Å². The smallest absolute Gasteiger partial charge is 0.420 e. The molecule has 2 aliphatic heterocycles. The van der Waals surface area contributed by atoms with Gasteiger partial charge in [0.1, 0.15) is 5.75 Å². The number of β-amino-alcohol motifs (C(OH)–C–C–N with tert-alkyl or cyclic N) is 1. The van der Waals surface area contributed by atoms with Crippen molar-refractivity contribution in [1.29, 1.82) is 0 Å². The third-order valence-electron chi connectivity index (χ3n) is 5.59. The van der Waals surface area contributed by atoms with Gasteiger partial charge in [0, 0.05) is 13.1 Å². The Kier molecular flexibility index (Phi) is 7.47. The Morgan fingerprint density at radius 3 is 2.43 bits per heavy atom. The average molecular weight is 546 g/mol. The molecule has 2 aromatic rings. The van der Waals surface area contributed by atoms with Crippen molar-refractivity contribution < 1.29 is 45.7 Å². The number of alkyl halides is 6. The van der Waals surface area contributed by atoms with E-state index in [1.54, 1.807) is 0 Å². The van der Waals surface area contributed by atoms with E-state index in [4.69, 9.17) is 9.47 Å². The van der Waals surface area contributed by atoms with Gasteiger partial charge in [0.05, 0.1) is 29.2 Å². The molecule has 0 spiro atoms. The standard InChI is InChI=1S/C24H20F6N2O4S/c1-35-19-9-13(10-20-21(34)31-22(37-20)32-8-2-3-15(33)12-32)4-6-18(19)36-17-7-5-14(23(25,26)27)11-16(17)24(28,29)30/h4-7,9-11,15,33H,2-3,8,12H2,1H3. The fourth-order valence-electron chi connectivity index (χ4n) is 3.81. The Balaban J connectivity index is 1.57. The zero-order valence-electron chi connectivity index (χ0n) is 19.2. The third kappa shape index (κ3) is 6.21. The number of aliphatic imine (C=N–C) groups is 1.